The molecule has 1 aromatic heterocycles. The van der Waals surface area contributed by atoms with Crippen LogP contribution in [0.1, 0.15) is 30.1 Å². The SMILES string of the molecule is COc1ccc2occ(C(=O)N(C[C@H](C)C#N)C3CC3)c2c1. The van der Waals surface area contributed by atoms with E-state index >= 15 is 0 Å². The zero-order valence-electron chi connectivity index (χ0n) is 12.7. The number of carbonyl (C=O) groups excluding carboxylic acids is 1. The summed E-state index contributed by atoms with van der Waals surface area (Å²) in [7, 11) is 1.59. The minimum Gasteiger partial charge on any atom is -0.497 e. The minimum absolute atomic E-state index is 0.0726. The van der Waals surface area contributed by atoms with Crippen LogP contribution >= 0.6 is 0 Å². The van der Waals surface area contributed by atoms with E-state index in [1.807, 2.05) is 13.0 Å². The first-order valence-corrected chi connectivity index (χ1v) is 7.40. The van der Waals surface area contributed by atoms with E-state index in [0.29, 0.717) is 23.4 Å². The molecule has 1 aliphatic rings. The van der Waals surface area contributed by atoms with Crippen molar-refractivity contribution >= 4 is 16.9 Å². The molecule has 1 aliphatic carbocycles. The van der Waals surface area contributed by atoms with Crippen molar-refractivity contribution in [1.29, 1.82) is 5.26 Å². The summed E-state index contributed by atoms with van der Waals surface area (Å²) in [4.78, 5) is 14.7. The highest BCUT2D eigenvalue weighted by molar-refractivity contribution is 6.06. The summed E-state index contributed by atoms with van der Waals surface area (Å²) < 4.78 is 10.7. The smallest absolute Gasteiger partial charge is 0.258 e. The number of nitriles is 1. The van der Waals surface area contributed by atoms with Crippen LogP contribution in [0.3, 0.4) is 0 Å². The molecule has 1 fully saturated rings. The number of benzene rings is 1. The Hall–Kier alpha value is -2.48. The summed E-state index contributed by atoms with van der Waals surface area (Å²) in [6.07, 6.45) is 3.50. The molecule has 1 heterocycles. The third-order valence-corrected chi connectivity index (χ3v) is 3.95. The summed E-state index contributed by atoms with van der Waals surface area (Å²) in [5, 5.41) is 9.76. The van der Waals surface area contributed by atoms with Gasteiger partial charge in [0.25, 0.3) is 5.91 Å². The summed E-state index contributed by atoms with van der Waals surface area (Å²) in [6.45, 7) is 2.29. The van der Waals surface area contributed by atoms with Crippen molar-refractivity contribution in [3.63, 3.8) is 0 Å². The number of hydrogen-bond acceptors (Lipinski definition) is 4. The fourth-order valence-electron chi connectivity index (χ4n) is 2.58. The molecule has 5 nitrogen and oxygen atoms in total. The molecule has 5 heteroatoms. The maximum absolute atomic E-state index is 12.9. The molecular weight excluding hydrogens is 280 g/mol. The standard InChI is InChI=1S/C17H18N2O3/c1-11(8-18)9-19(12-3-4-12)17(20)15-10-22-16-6-5-13(21-2)7-14(15)16/h5-7,10-12H,3-4,9H2,1-2H3/t11-/m1/s1. The lowest BCUT2D eigenvalue weighted by Gasteiger charge is -2.23. The molecule has 2 aromatic rings. The van der Waals surface area contributed by atoms with Gasteiger partial charge in [-0.25, -0.2) is 0 Å². The first-order chi connectivity index (χ1) is 10.6. The number of carbonyl (C=O) groups is 1. The molecule has 0 radical (unpaired) electrons. The number of methoxy groups -OCH3 is 1. The quantitative estimate of drug-likeness (QED) is 0.850. The maximum Gasteiger partial charge on any atom is 0.258 e. The van der Waals surface area contributed by atoms with Crippen LogP contribution < -0.4 is 4.74 Å². The first kappa shape index (κ1) is 14.5. The van der Waals surface area contributed by atoms with Gasteiger partial charge in [-0.3, -0.25) is 4.79 Å². The lowest BCUT2D eigenvalue weighted by molar-refractivity contribution is 0.0731. The topological polar surface area (TPSA) is 66.5 Å². The van der Waals surface area contributed by atoms with Crippen molar-refractivity contribution < 1.29 is 13.9 Å². The van der Waals surface area contributed by atoms with Crippen LogP contribution in [0.5, 0.6) is 5.75 Å². The number of amides is 1. The molecule has 0 unspecified atom stereocenters. The Morgan fingerprint density at radius 1 is 1.55 bits per heavy atom. The normalized spacial score (nSPS) is 15.3. The predicted octanol–water partition coefficient (Wildman–Crippen LogP) is 3.21. The molecule has 0 spiro atoms. The zero-order valence-corrected chi connectivity index (χ0v) is 12.7. The van der Waals surface area contributed by atoms with Crippen LogP contribution in [0.15, 0.2) is 28.9 Å². The highest BCUT2D eigenvalue weighted by Crippen LogP contribution is 2.32. The van der Waals surface area contributed by atoms with Crippen molar-refractivity contribution in [3.05, 3.63) is 30.0 Å². The van der Waals surface area contributed by atoms with Crippen LogP contribution in [-0.2, 0) is 0 Å². The largest absolute Gasteiger partial charge is 0.497 e. The highest BCUT2D eigenvalue weighted by atomic mass is 16.5. The van der Waals surface area contributed by atoms with E-state index < -0.39 is 0 Å². The monoisotopic (exact) mass is 298 g/mol. The van der Waals surface area contributed by atoms with Gasteiger partial charge in [-0.1, -0.05) is 0 Å². The van der Waals surface area contributed by atoms with Crippen LogP contribution in [0, 0.1) is 17.2 Å². The Kier molecular flexibility index (Phi) is 3.76. The molecule has 0 aliphatic heterocycles. The third kappa shape index (κ3) is 2.64. The summed E-state index contributed by atoms with van der Waals surface area (Å²) in [6, 6.07) is 7.85. The number of ether oxygens (including phenoxy) is 1. The first-order valence-electron chi connectivity index (χ1n) is 7.40. The fourth-order valence-corrected chi connectivity index (χ4v) is 2.58. The highest BCUT2D eigenvalue weighted by Gasteiger charge is 2.35. The Bertz CT molecular complexity index is 740. The molecule has 1 atom stereocenters. The average Bonchev–Trinajstić information content (AvgIpc) is 3.30. The predicted molar refractivity (Wildman–Crippen MR) is 81.6 cm³/mol. The Morgan fingerprint density at radius 3 is 2.95 bits per heavy atom. The van der Waals surface area contributed by atoms with E-state index in [1.54, 1.807) is 24.1 Å². The number of furan rings is 1. The van der Waals surface area contributed by atoms with Crippen molar-refractivity contribution in [2.75, 3.05) is 13.7 Å². The zero-order chi connectivity index (χ0) is 15.7. The molecule has 1 aromatic carbocycles. The molecule has 0 N–H and O–H groups in total. The van der Waals surface area contributed by atoms with E-state index in [4.69, 9.17) is 14.4 Å². The summed E-state index contributed by atoms with van der Waals surface area (Å²) in [5.74, 6) is 0.431. The fraction of sp³-hybridized carbons (Fsp3) is 0.412. The molecule has 0 bridgehead atoms. The van der Waals surface area contributed by atoms with Gasteiger partial charge in [-0.2, -0.15) is 5.26 Å². The van der Waals surface area contributed by atoms with Gasteiger partial charge in [-0.15, -0.1) is 0 Å². The second kappa shape index (κ2) is 5.72. The molecular formula is C17H18N2O3. The third-order valence-electron chi connectivity index (χ3n) is 3.95. The molecule has 1 amide bonds. The minimum atomic E-state index is -0.183. The van der Waals surface area contributed by atoms with Crippen LogP contribution in [0.4, 0.5) is 0 Å². The van der Waals surface area contributed by atoms with E-state index in [-0.39, 0.29) is 17.9 Å². The molecule has 114 valence electrons. The van der Waals surface area contributed by atoms with E-state index in [1.165, 1.54) is 6.26 Å². The Balaban J connectivity index is 1.94. The van der Waals surface area contributed by atoms with Gasteiger partial charge in [0.15, 0.2) is 0 Å². The number of fused-ring (bicyclic) bond motifs is 1. The second-order valence-corrected chi connectivity index (χ2v) is 5.73. The van der Waals surface area contributed by atoms with Gasteiger partial charge in [-0.05, 0) is 38.0 Å². The number of nitrogens with zero attached hydrogens (tertiary/aromatic N) is 2. The van der Waals surface area contributed by atoms with Crippen molar-refractivity contribution in [3.8, 4) is 11.8 Å². The summed E-state index contributed by atoms with van der Waals surface area (Å²) >= 11 is 0. The lowest BCUT2D eigenvalue weighted by Crippen LogP contribution is -2.36. The van der Waals surface area contributed by atoms with Crippen LogP contribution in [0.25, 0.3) is 11.0 Å². The van der Waals surface area contributed by atoms with Crippen LogP contribution in [-0.4, -0.2) is 30.5 Å². The van der Waals surface area contributed by atoms with Crippen molar-refractivity contribution in [2.24, 2.45) is 5.92 Å². The van der Waals surface area contributed by atoms with Gasteiger partial charge in [0.1, 0.15) is 17.6 Å². The van der Waals surface area contributed by atoms with Gasteiger partial charge in [0.05, 0.1) is 24.7 Å². The van der Waals surface area contributed by atoms with E-state index in [0.717, 1.165) is 18.2 Å². The van der Waals surface area contributed by atoms with Crippen molar-refractivity contribution in [1.82, 2.24) is 4.90 Å². The van der Waals surface area contributed by atoms with E-state index in [2.05, 4.69) is 6.07 Å². The van der Waals surface area contributed by atoms with Crippen molar-refractivity contribution in [2.45, 2.75) is 25.8 Å². The Labute approximate surface area is 129 Å². The second-order valence-electron chi connectivity index (χ2n) is 5.73. The average molecular weight is 298 g/mol. The Morgan fingerprint density at radius 2 is 2.32 bits per heavy atom. The molecule has 3 rings (SSSR count). The van der Waals surface area contributed by atoms with Gasteiger partial charge < -0.3 is 14.1 Å². The van der Waals surface area contributed by atoms with Gasteiger partial charge >= 0.3 is 0 Å². The summed E-state index contributed by atoms with van der Waals surface area (Å²) in [5.41, 5.74) is 1.19. The molecule has 22 heavy (non-hydrogen) atoms. The lowest BCUT2D eigenvalue weighted by atomic mass is 10.1. The maximum atomic E-state index is 12.9. The van der Waals surface area contributed by atoms with Gasteiger partial charge in [0.2, 0.25) is 0 Å². The molecule has 1 saturated carbocycles. The van der Waals surface area contributed by atoms with E-state index in [9.17, 15) is 4.79 Å². The number of hydrogen-bond donors (Lipinski definition) is 0. The van der Waals surface area contributed by atoms with Crippen LogP contribution in [0.2, 0.25) is 0 Å². The number of rotatable bonds is 5. The van der Waals surface area contributed by atoms with Gasteiger partial charge in [0, 0.05) is 18.0 Å². The molecule has 0 saturated heterocycles.